The molecular formula is C5H8F2N4O. The van der Waals surface area contributed by atoms with Crippen molar-refractivity contribution in [2.24, 2.45) is 5.73 Å². The largest absolute Gasteiger partial charge is 0.407 e. The molecule has 5 nitrogen and oxygen atoms in total. The zero-order chi connectivity index (χ0) is 8.97. The fourth-order valence-electron chi connectivity index (χ4n) is 0.572. The lowest BCUT2D eigenvalue weighted by Gasteiger charge is -1.97. The predicted molar refractivity (Wildman–Crippen MR) is 36.7 cm³/mol. The molecule has 1 aromatic rings. The van der Waals surface area contributed by atoms with Gasteiger partial charge in [-0.2, -0.15) is 0 Å². The van der Waals surface area contributed by atoms with Crippen LogP contribution in [0.1, 0.15) is 5.89 Å². The Morgan fingerprint density at radius 1 is 1.50 bits per heavy atom. The Balaban J connectivity index is 2.41. The van der Waals surface area contributed by atoms with E-state index in [1.165, 1.54) is 0 Å². The van der Waals surface area contributed by atoms with Crippen LogP contribution in [0.5, 0.6) is 0 Å². The van der Waals surface area contributed by atoms with Gasteiger partial charge in [0.2, 0.25) is 5.89 Å². The van der Waals surface area contributed by atoms with Crippen LogP contribution in [0.2, 0.25) is 0 Å². The van der Waals surface area contributed by atoms with Gasteiger partial charge in [0.25, 0.3) is 6.43 Å². The number of anilines is 1. The highest BCUT2D eigenvalue weighted by molar-refractivity contribution is 5.16. The number of hydrogen-bond donors (Lipinski definition) is 2. The second kappa shape index (κ2) is 3.96. The molecule has 0 aliphatic rings. The molecule has 1 aromatic heterocycles. The van der Waals surface area contributed by atoms with Gasteiger partial charge in [0.15, 0.2) is 0 Å². The summed E-state index contributed by atoms with van der Waals surface area (Å²) in [5, 5.41) is 9.13. The molecule has 12 heavy (non-hydrogen) atoms. The molecule has 1 rings (SSSR count). The lowest BCUT2D eigenvalue weighted by Crippen LogP contribution is -2.10. The first kappa shape index (κ1) is 8.85. The Morgan fingerprint density at radius 2 is 2.25 bits per heavy atom. The number of nitrogens with one attached hydrogen (secondary N) is 1. The maximum atomic E-state index is 11.6. The summed E-state index contributed by atoms with van der Waals surface area (Å²) in [5.74, 6) is 0.215. The average molecular weight is 178 g/mol. The van der Waals surface area contributed by atoms with Crippen molar-refractivity contribution in [3.8, 4) is 0 Å². The van der Waals surface area contributed by atoms with Crippen LogP contribution >= 0.6 is 0 Å². The molecule has 0 saturated carbocycles. The average Bonchev–Trinajstić information content (AvgIpc) is 2.48. The standard InChI is InChI=1S/C5H8F2N4O/c6-3(7)2-9-5-11-10-4(1-8)12-5/h3H,1-2,8H2,(H,9,11). The third-order valence-corrected chi connectivity index (χ3v) is 1.05. The molecule has 7 heteroatoms. The first-order valence-corrected chi connectivity index (χ1v) is 3.27. The van der Waals surface area contributed by atoms with Gasteiger partial charge in [-0.1, -0.05) is 5.10 Å². The summed E-state index contributed by atoms with van der Waals surface area (Å²) in [6.45, 7) is -0.407. The maximum absolute atomic E-state index is 11.6. The van der Waals surface area contributed by atoms with Gasteiger partial charge in [-0.05, 0) is 0 Å². The molecule has 0 bridgehead atoms. The summed E-state index contributed by atoms with van der Waals surface area (Å²) in [6, 6.07) is -0.0317. The third-order valence-electron chi connectivity index (χ3n) is 1.05. The van der Waals surface area contributed by atoms with Crippen molar-refractivity contribution in [2.75, 3.05) is 11.9 Å². The quantitative estimate of drug-likeness (QED) is 0.688. The predicted octanol–water partition coefficient (Wildman–Crippen LogP) is 0.205. The molecule has 0 unspecified atom stereocenters. The van der Waals surface area contributed by atoms with Crippen LogP contribution in [0.4, 0.5) is 14.8 Å². The Labute approximate surface area is 66.9 Å². The molecule has 0 fully saturated rings. The first-order chi connectivity index (χ1) is 5.72. The summed E-state index contributed by atoms with van der Waals surface area (Å²) >= 11 is 0. The van der Waals surface area contributed by atoms with E-state index in [0.717, 1.165) is 0 Å². The van der Waals surface area contributed by atoms with Gasteiger partial charge in [0.1, 0.15) is 0 Å². The first-order valence-electron chi connectivity index (χ1n) is 3.27. The van der Waals surface area contributed by atoms with E-state index in [-0.39, 0.29) is 18.5 Å². The smallest absolute Gasteiger partial charge is 0.315 e. The minimum atomic E-state index is -2.45. The van der Waals surface area contributed by atoms with Crippen LogP contribution in [-0.4, -0.2) is 23.2 Å². The normalized spacial score (nSPS) is 10.7. The summed E-state index contributed by atoms with van der Waals surface area (Å²) in [7, 11) is 0. The highest BCUT2D eigenvalue weighted by atomic mass is 19.3. The van der Waals surface area contributed by atoms with Crippen molar-refractivity contribution >= 4 is 6.01 Å². The minimum Gasteiger partial charge on any atom is -0.407 e. The van der Waals surface area contributed by atoms with E-state index in [2.05, 4.69) is 15.5 Å². The minimum absolute atomic E-state index is 0.0317. The van der Waals surface area contributed by atoms with E-state index in [4.69, 9.17) is 10.2 Å². The van der Waals surface area contributed by atoms with E-state index >= 15 is 0 Å². The molecule has 0 spiro atoms. The zero-order valence-corrected chi connectivity index (χ0v) is 6.13. The monoisotopic (exact) mass is 178 g/mol. The number of nitrogens with two attached hydrogens (primary N) is 1. The van der Waals surface area contributed by atoms with E-state index in [9.17, 15) is 8.78 Å². The molecule has 0 radical (unpaired) electrons. The number of halogens is 2. The number of alkyl halides is 2. The van der Waals surface area contributed by atoms with Crippen LogP contribution < -0.4 is 11.1 Å². The lowest BCUT2D eigenvalue weighted by molar-refractivity contribution is 0.162. The summed E-state index contributed by atoms with van der Waals surface area (Å²) in [4.78, 5) is 0. The van der Waals surface area contributed by atoms with Crippen LogP contribution in [0.3, 0.4) is 0 Å². The van der Waals surface area contributed by atoms with Gasteiger partial charge in [0, 0.05) is 0 Å². The van der Waals surface area contributed by atoms with Crippen molar-refractivity contribution < 1.29 is 13.2 Å². The summed E-state index contributed by atoms with van der Waals surface area (Å²) < 4.78 is 28.1. The number of hydrogen-bond acceptors (Lipinski definition) is 5. The van der Waals surface area contributed by atoms with Gasteiger partial charge in [-0.3, -0.25) is 0 Å². The Kier molecular flexibility index (Phi) is 2.92. The molecule has 1 heterocycles. The zero-order valence-electron chi connectivity index (χ0n) is 6.13. The van der Waals surface area contributed by atoms with E-state index in [0.29, 0.717) is 0 Å². The molecule has 0 amide bonds. The molecule has 3 N–H and O–H groups in total. The van der Waals surface area contributed by atoms with Crippen LogP contribution in [0.15, 0.2) is 4.42 Å². The van der Waals surface area contributed by atoms with Crippen molar-refractivity contribution in [1.29, 1.82) is 0 Å². The fraction of sp³-hybridized carbons (Fsp3) is 0.600. The number of nitrogens with zero attached hydrogens (tertiary/aromatic N) is 2. The Hall–Kier alpha value is -1.24. The Bertz CT molecular complexity index is 239. The van der Waals surface area contributed by atoms with Crippen molar-refractivity contribution in [3.05, 3.63) is 5.89 Å². The second-order valence-electron chi connectivity index (χ2n) is 1.98. The van der Waals surface area contributed by atoms with Gasteiger partial charge >= 0.3 is 6.01 Å². The number of aromatic nitrogens is 2. The molecule has 0 aromatic carbocycles. The van der Waals surface area contributed by atoms with E-state index in [1.54, 1.807) is 0 Å². The second-order valence-corrected chi connectivity index (χ2v) is 1.98. The highest BCUT2D eigenvalue weighted by Crippen LogP contribution is 2.04. The van der Waals surface area contributed by atoms with Gasteiger partial charge in [0.05, 0.1) is 13.1 Å². The van der Waals surface area contributed by atoms with Crippen LogP contribution in [0.25, 0.3) is 0 Å². The summed E-state index contributed by atoms with van der Waals surface area (Å²) in [5.41, 5.74) is 5.15. The molecule has 0 aliphatic carbocycles. The maximum Gasteiger partial charge on any atom is 0.315 e. The molecular weight excluding hydrogens is 170 g/mol. The SMILES string of the molecule is NCc1nnc(NCC(F)F)o1. The van der Waals surface area contributed by atoms with E-state index < -0.39 is 13.0 Å². The fourth-order valence-corrected chi connectivity index (χ4v) is 0.572. The highest BCUT2D eigenvalue weighted by Gasteiger charge is 2.06. The lowest BCUT2D eigenvalue weighted by atomic mass is 10.7. The van der Waals surface area contributed by atoms with E-state index in [1.807, 2.05) is 0 Å². The van der Waals surface area contributed by atoms with Crippen molar-refractivity contribution in [2.45, 2.75) is 13.0 Å². The van der Waals surface area contributed by atoms with Crippen LogP contribution in [0, 0.1) is 0 Å². The molecule has 0 aliphatic heterocycles. The number of rotatable bonds is 4. The topological polar surface area (TPSA) is 77.0 Å². The molecule has 0 saturated heterocycles. The molecule has 0 atom stereocenters. The van der Waals surface area contributed by atoms with Crippen LogP contribution in [-0.2, 0) is 6.54 Å². The molecule has 68 valence electrons. The van der Waals surface area contributed by atoms with Gasteiger partial charge in [-0.25, -0.2) is 8.78 Å². The summed E-state index contributed by atoms with van der Waals surface area (Å²) in [6.07, 6.45) is -2.45. The Morgan fingerprint density at radius 3 is 2.75 bits per heavy atom. The van der Waals surface area contributed by atoms with Gasteiger partial charge < -0.3 is 15.5 Å². The van der Waals surface area contributed by atoms with Crippen molar-refractivity contribution in [3.63, 3.8) is 0 Å². The third kappa shape index (κ3) is 2.42. The van der Waals surface area contributed by atoms with Gasteiger partial charge in [-0.15, -0.1) is 5.10 Å². The van der Waals surface area contributed by atoms with Crippen molar-refractivity contribution in [1.82, 2.24) is 10.2 Å².